The minimum Gasteiger partial charge on any atom is -0.427 e. The Hall–Kier alpha value is -0.990. The van der Waals surface area contributed by atoms with Gasteiger partial charge in [0.25, 0.3) is 0 Å². The molecule has 0 amide bonds. The molecule has 0 N–H and O–H groups in total. The number of unbranched alkanes of at least 4 members (excludes halogenated alkanes) is 1. The Morgan fingerprint density at radius 3 is 2.92 bits per heavy atom. The molecule has 2 unspecified atom stereocenters. The molecule has 1 rings (SSSR count). The van der Waals surface area contributed by atoms with Gasteiger partial charge in [-0.3, -0.25) is 0 Å². The maximum atomic E-state index is 10.7. The van der Waals surface area contributed by atoms with Crippen LogP contribution in [0.5, 0.6) is 0 Å². The second kappa shape index (κ2) is 4.14. The van der Waals surface area contributed by atoms with Crippen molar-refractivity contribution in [1.82, 2.24) is 0 Å². The van der Waals surface area contributed by atoms with Crippen LogP contribution in [0.3, 0.4) is 0 Å². The van der Waals surface area contributed by atoms with Gasteiger partial charge in [0.05, 0.1) is 0 Å². The number of hydrogen-bond donors (Lipinski definition) is 0. The molecule has 1 heterocycles. The van der Waals surface area contributed by atoms with Gasteiger partial charge >= 0.3 is 6.16 Å². The van der Waals surface area contributed by atoms with Crippen molar-refractivity contribution < 1.29 is 14.3 Å². The van der Waals surface area contributed by atoms with E-state index < -0.39 is 6.16 Å². The summed E-state index contributed by atoms with van der Waals surface area (Å²) in [6.07, 6.45) is 3.69. The zero-order chi connectivity index (χ0) is 8.97. The average molecular weight is 170 g/mol. The predicted molar refractivity (Wildman–Crippen MR) is 44.9 cm³/mol. The summed E-state index contributed by atoms with van der Waals surface area (Å²) >= 11 is 0. The summed E-state index contributed by atoms with van der Waals surface area (Å²) in [7, 11) is 0. The Morgan fingerprint density at radius 2 is 2.33 bits per heavy atom. The highest BCUT2D eigenvalue weighted by molar-refractivity contribution is 5.62. The summed E-state index contributed by atoms with van der Waals surface area (Å²) in [4.78, 5) is 10.7. The molecule has 2 atom stereocenters. The van der Waals surface area contributed by atoms with E-state index in [1.54, 1.807) is 6.08 Å². The van der Waals surface area contributed by atoms with Gasteiger partial charge in [0.2, 0.25) is 0 Å². The second-order valence-corrected chi connectivity index (χ2v) is 2.87. The average Bonchev–Trinajstić information content (AvgIpc) is 2.42. The second-order valence-electron chi connectivity index (χ2n) is 2.87. The van der Waals surface area contributed by atoms with E-state index in [1.807, 2.05) is 0 Å². The molecule has 1 saturated heterocycles. The van der Waals surface area contributed by atoms with Gasteiger partial charge in [0, 0.05) is 0 Å². The first-order chi connectivity index (χ1) is 5.77. The van der Waals surface area contributed by atoms with Crippen LogP contribution in [-0.2, 0) is 9.47 Å². The number of hydrogen-bond acceptors (Lipinski definition) is 3. The third-order valence-corrected chi connectivity index (χ3v) is 1.92. The molecule has 1 aliphatic heterocycles. The Morgan fingerprint density at radius 1 is 1.58 bits per heavy atom. The smallest absolute Gasteiger partial charge is 0.427 e. The molecule has 12 heavy (non-hydrogen) atoms. The van der Waals surface area contributed by atoms with Crippen LogP contribution >= 0.6 is 0 Å². The highest BCUT2D eigenvalue weighted by Gasteiger charge is 2.33. The minimum atomic E-state index is -0.569. The summed E-state index contributed by atoms with van der Waals surface area (Å²) in [5.41, 5.74) is 0. The van der Waals surface area contributed by atoms with Gasteiger partial charge in [0.1, 0.15) is 6.10 Å². The van der Waals surface area contributed by atoms with Crippen molar-refractivity contribution >= 4 is 6.16 Å². The molecule has 68 valence electrons. The molecule has 0 spiro atoms. The Kier molecular flexibility index (Phi) is 3.14. The molecule has 0 aromatic carbocycles. The molecule has 0 aromatic heterocycles. The molecule has 1 fully saturated rings. The number of carbonyl (C=O) groups excluding carboxylic acids is 1. The van der Waals surface area contributed by atoms with Crippen molar-refractivity contribution in [2.75, 3.05) is 0 Å². The van der Waals surface area contributed by atoms with E-state index in [1.165, 1.54) is 0 Å². The highest BCUT2D eigenvalue weighted by Crippen LogP contribution is 2.20. The van der Waals surface area contributed by atoms with Crippen LogP contribution in [0.15, 0.2) is 12.7 Å². The van der Waals surface area contributed by atoms with Gasteiger partial charge < -0.3 is 9.47 Å². The Labute approximate surface area is 72.4 Å². The third-order valence-electron chi connectivity index (χ3n) is 1.92. The van der Waals surface area contributed by atoms with E-state index in [0.29, 0.717) is 0 Å². The monoisotopic (exact) mass is 170 g/mol. The van der Waals surface area contributed by atoms with Crippen LogP contribution in [0.25, 0.3) is 0 Å². The van der Waals surface area contributed by atoms with E-state index >= 15 is 0 Å². The minimum absolute atomic E-state index is 0.116. The lowest BCUT2D eigenvalue weighted by molar-refractivity contribution is 0.115. The van der Waals surface area contributed by atoms with Crippen molar-refractivity contribution in [3.05, 3.63) is 12.7 Å². The van der Waals surface area contributed by atoms with Crippen LogP contribution in [0, 0.1) is 0 Å². The molecular weight excluding hydrogens is 156 g/mol. The van der Waals surface area contributed by atoms with Gasteiger partial charge in [-0.1, -0.05) is 19.9 Å². The van der Waals surface area contributed by atoms with Crippen molar-refractivity contribution in [1.29, 1.82) is 0 Å². The SMILES string of the molecule is C=CC1OC(=O)OC1CCCC. The topological polar surface area (TPSA) is 35.5 Å². The van der Waals surface area contributed by atoms with Crippen molar-refractivity contribution in [3.8, 4) is 0 Å². The molecule has 3 nitrogen and oxygen atoms in total. The van der Waals surface area contributed by atoms with E-state index in [0.717, 1.165) is 19.3 Å². The van der Waals surface area contributed by atoms with E-state index in [2.05, 4.69) is 13.5 Å². The van der Waals surface area contributed by atoms with Gasteiger partial charge in [-0.25, -0.2) is 4.79 Å². The van der Waals surface area contributed by atoms with E-state index in [4.69, 9.17) is 9.47 Å². The van der Waals surface area contributed by atoms with Gasteiger partial charge in [-0.05, 0) is 18.9 Å². The summed E-state index contributed by atoms with van der Waals surface area (Å²) in [5.74, 6) is 0. The van der Waals surface area contributed by atoms with Crippen molar-refractivity contribution in [2.24, 2.45) is 0 Å². The van der Waals surface area contributed by atoms with Gasteiger partial charge in [0.15, 0.2) is 6.10 Å². The van der Waals surface area contributed by atoms with Crippen LogP contribution in [-0.4, -0.2) is 18.4 Å². The fourth-order valence-electron chi connectivity index (χ4n) is 1.23. The zero-order valence-corrected chi connectivity index (χ0v) is 7.29. The quantitative estimate of drug-likeness (QED) is 0.479. The predicted octanol–water partition coefficient (Wildman–Crippen LogP) is 2.27. The van der Waals surface area contributed by atoms with Gasteiger partial charge in [-0.2, -0.15) is 0 Å². The fourth-order valence-corrected chi connectivity index (χ4v) is 1.23. The lowest BCUT2D eigenvalue weighted by atomic mass is 10.1. The van der Waals surface area contributed by atoms with Crippen LogP contribution in [0.4, 0.5) is 4.79 Å². The van der Waals surface area contributed by atoms with E-state index in [9.17, 15) is 4.79 Å². The van der Waals surface area contributed by atoms with Crippen LogP contribution < -0.4 is 0 Å². The van der Waals surface area contributed by atoms with Gasteiger partial charge in [-0.15, -0.1) is 0 Å². The fraction of sp³-hybridized carbons (Fsp3) is 0.667. The maximum absolute atomic E-state index is 10.7. The summed E-state index contributed by atoms with van der Waals surface area (Å²) < 4.78 is 9.78. The summed E-state index contributed by atoms with van der Waals surface area (Å²) in [5, 5.41) is 0. The first kappa shape index (κ1) is 9.10. The lowest BCUT2D eigenvalue weighted by Crippen LogP contribution is -2.19. The molecule has 0 aliphatic carbocycles. The molecular formula is C9H14O3. The lowest BCUT2D eigenvalue weighted by Gasteiger charge is -2.09. The number of rotatable bonds is 4. The normalized spacial score (nSPS) is 27.9. The first-order valence-electron chi connectivity index (χ1n) is 4.27. The molecule has 0 radical (unpaired) electrons. The van der Waals surface area contributed by atoms with Crippen molar-refractivity contribution in [3.63, 3.8) is 0 Å². The summed E-state index contributed by atoms with van der Waals surface area (Å²) in [6, 6.07) is 0. The zero-order valence-electron chi connectivity index (χ0n) is 7.29. The molecule has 0 bridgehead atoms. The molecule has 0 aromatic rings. The number of carbonyl (C=O) groups is 1. The standard InChI is InChI=1S/C9H14O3/c1-3-5-6-8-7(4-2)11-9(10)12-8/h4,7-8H,2-3,5-6H2,1H3. The number of cyclic esters (lactones) is 2. The molecule has 0 saturated carbocycles. The van der Waals surface area contributed by atoms with Crippen molar-refractivity contribution in [2.45, 2.75) is 38.4 Å². The largest absolute Gasteiger partial charge is 0.509 e. The molecule has 1 aliphatic rings. The Bertz CT molecular complexity index is 177. The summed E-state index contributed by atoms with van der Waals surface area (Å²) in [6.45, 7) is 5.68. The maximum Gasteiger partial charge on any atom is 0.509 e. The van der Waals surface area contributed by atoms with Crippen LogP contribution in [0.2, 0.25) is 0 Å². The van der Waals surface area contributed by atoms with E-state index in [-0.39, 0.29) is 12.2 Å². The highest BCUT2D eigenvalue weighted by atomic mass is 16.8. The number of ether oxygens (including phenoxy) is 2. The third kappa shape index (κ3) is 2.00. The molecule has 3 heteroatoms. The van der Waals surface area contributed by atoms with Crippen LogP contribution in [0.1, 0.15) is 26.2 Å². The first-order valence-corrected chi connectivity index (χ1v) is 4.27. The Balaban J connectivity index is 2.40.